The number of nitrogens with zero attached hydrogens (tertiary/aromatic N) is 1. The number of ether oxygens (including phenoxy) is 1. The fourth-order valence-corrected chi connectivity index (χ4v) is 1.56. The Bertz CT molecular complexity index is 219. The molecule has 0 bridgehead atoms. The van der Waals surface area contributed by atoms with Crippen LogP contribution in [0.1, 0.15) is 40.5 Å². The predicted octanol–water partition coefficient (Wildman–Crippen LogP) is 1.63. The van der Waals surface area contributed by atoms with Crippen LogP contribution in [0.2, 0.25) is 0 Å². The molecule has 0 aromatic heterocycles. The van der Waals surface area contributed by atoms with Gasteiger partial charge in [0.1, 0.15) is 0 Å². The van der Waals surface area contributed by atoms with Gasteiger partial charge in [0, 0.05) is 32.2 Å². The van der Waals surface area contributed by atoms with E-state index in [-0.39, 0.29) is 18.0 Å². The molecule has 0 heterocycles. The van der Waals surface area contributed by atoms with Gasteiger partial charge in [-0.3, -0.25) is 4.79 Å². The number of amides is 1. The van der Waals surface area contributed by atoms with Gasteiger partial charge in [0.25, 0.3) is 0 Å². The smallest absolute Gasteiger partial charge is 0.224 e. The van der Waals surface area contributed by atoms with Crippen molar-refractivity contribution >= 4 is 5.91 Å². The molecule has 0 saturated heterocycles. The Morgan fingerprint density at radius 2 is 1.94 bits per heavy atom. The van der Waals surface area contributed by atoms with Crippen LogP contribution in [0.3, 0.4) is 0 Å². The third kappa shape index (κ3) is 6.03. The molecule has 0 radical (unpaired) electrons. The Morgan fingerprint density at radius 1 is 1.35 bits per heavy atom. The normalized spacial score (nSPS) is 14.8. The first-order valence-corrected chi connectivity index (χ1v) is 6.47. The second-order valence-electron chi connectivity index (χ2n) is 4.95. The summed E-state index contributed by atoms with van der Waals surface area (Å²) in [5.74, 6) is 0.470. The average Bonchev–Trinajstić information content (AvgIpc) is 2.28. The van der Waals surface area contributed by atoms with Crippen molar-refractivity contribution in [2.24, 2.45) is 11.7 Å². The van der Waals surface area contributed by atoms with E-state index < -0.39 is 0 Å². The van der Waals surface area contributed by atoms with Crippen molar-refractivity contribution < 1.29 is 9.53 Å². The number of carbonyl (C=O) groups is 1. The largest absolute Gasteiger partial charge is 0.383 e. The molecule has 102 valence electrons. The minimum absolute atomic E-state index is 0.0587. The van der Waals surface area contributed by atoms with Gasteiger partial charge in [-0.1, -0.05) is 20.8 Å². The summed E-state index contributed by atoms with van der Waals surface area (Å²) in [4.78, 5) is 14.0. The Kier molecular flexibility index (Phi) is 8.17. The van der Waals surface area contributed by atoms with Crippen molar-refractivity contribution in [3.8, 4) is 0 Å². The first kappa shape index (κ1) is 16.4. The van der Waals surface area contributed by atoms with Gasteiger partial charge in [0.2, 0.25) is 5.91 Å². The number of hydrogen-bond donors (Lipinski definition) is 1. The highest BCUT2D eigenvalue weighted by atomic mass is 16.5. The minimum atomic E-state index is -0.0587. The first-order chi connectivity index (χ1) is 7.93. The quantitative estimate of drug-likeness (QED) is 0.706. The summed E-state index contributed by atoms with van der Waals surface area (Å²) in [5, 5.41) is 0. The molecule has 4 nitrogen and oxygen atoms in total. The summed E-state index contributed by atoms with van der Waals surface area (Å²) < 4.78 is 5.04. The van der Waals surface area contributed by atoms with Crippen molar-refractivity contribution in [2.75, 3.05) is 20.3 Å². The third-order valence-electron chi connectivity index (χ3n) is 3.25. The highest BCUT2D eigenvalue weighted by Gasteiger charge is 2.21. The maximum Gasteiger partial charge on any atom is 0.224 e. The van der Waals surface area contributed by atoms with E-state index >= 15 is 0 Å². The molecular weight excluding hydrogens is 216 g/mol. The summed E-state index contributed by atoms with van der Waals surface area (Å²) in [7, 11) is 1.65. The molecular formula is C13H28N2O2. The number of hydrogen-bond acceptors (Lipinski definition) is 3. The zero-order valence-electron chi connectivity index (χ0n) is 11.9. The van der Waals surface area contributed by atoms with E-state index in [0.717, 1.165) is 6.42 Å². The molecule has 0 aliphatic carbocycles. The molecule has 2 N–H and O–H groups in total. The standard InChI is InChI=1S/C13H28N2O2/c1-6-11(4)15(7-8-17-5)13(16)9-12(14)10(2)3/h10-12H,6-9,14H2,1-5H3. The lowest BCUT2D eigenvalue weighted by atomic mass is 10.0. The van der Waals surface area contributed by atoms with Crippen molar-refractivity contribution in [1.29, 1.82) is 0 Å². The molecule has 2 atom stereocenters. The third-order valence-corrected chi connectivity index (χ3v) is 3.25. The molecule has 2 unspecified atom stereocenters. The van der Waals surface area contributed by atoms with Gasteiger partial charge in [-0.05, 0) is 19.3 Å². The van der Waals surface area contributed by atoms with Gasteiger partial charge < -0.3 is 15.4 Å². The van der Waals surface area contributed by atoms with E-state index in [2.05, 4.69) is 13.8 Å². The van der Waals surface area contributed by atoms with E-state index in [9.17, 15) is 4.79 Å². The maximum atomic E-state index is 12.2. The summed E-state index contributed by atoms with van der Waals surface area (Å²) in [6, 6.07) is 0.189. The number of rotatable bonds is 8. The molecule has 0 fully saturated rings. The summed E-state index contributed by atoms with van der Waals surface area (Å²) in [5.41, 5.74) is 5.95. The van der Waals surface area contributed by atoms with Crippen LogP contribution in [0.15, 0.2) is 0 Å². The molecule has 0 rings (SSSR count). The molecule has 17 heavy (non-hydrogen) atoms. The molecule has 4 heteroatoms. The summed E-state index contributed by atoms with van der Waals surface area (Å²) in [6.07, 6.45) is 1.37. The summed E-state index contributed by atoms with van der Waals surface area (Å²) >= 11 is 0. The van der Waals surface area contributed by atoms with Crippen LogP contribution in [-0.2, 0) is 9.53 Å². The van der Waals surface area contributed by atoms with Crippen molar-refractivity contribution in [1.82, 2.24) is 4.90 Å². The Labute approximate surface area is 105 Å². The average molecular weight is 244 g/mol. The Hall–Kier alpha value is -0.610. The van der Waals surface area contributed by atoms with Gasteiger partial charge in [-0.2, -0.15) is 0 Å². The van der Waals surface area contributed by atoms with E-state index in [4.69, 9.17) is 10.5 Å². The van der Waals surface area contributed by atoms with Crippen LogP contribution in [0, 0.1) is 5.92 Å². The fraction of sp³-hybridized carbons (Fsp3) is 0.923. The van der Waals surface area contributed by atoms with E-state index in [1.165, 1.54) is 0 Å². The van der Waals surface area contributed by atoms with Gasteiger partial charge >= 0.3 is 0 Å². The topological polar surface area (TPSA) is 55.6 Å². The SMILES string of the molecule is CCC(C)N(CCOC)C(=O)CC(N)C(C)C. The van der Waals surface area contributed by atoms with Crippen LogP contribution < -0.4 is 5.73 Å². The van der Waals surface area contributed by atoms with Gasteiger partial charge in [0.05, 0.1) is 6.61 Å². The second-order valence-corrected chi connectivity index (χ2v) is 4.95. The number of nitrogens with two attached hydrogens (primary N) is 1. The Balaban J connectivity index is 4.41. The molecule has 1 amide bonds. The van der Waals surface area contributed by atoms with Crippen LogP contribution in [0.5, 0.6) is 0 Å². The molecule has 0 aromatic rings. The fourth-order valence-electron chi connectivity index (χ4n) is 1.56. The lowest BCUT2D eigenvalue weighted by Gasteiger charge is -2.30. The van der Waals surface area contributed by atoms with Crippen molar-refractivity contribution in [2.45, 2.75) is 52.6 Å². The van der Waals surface area contributed by atoms with Gasteiger partial charge in [-0.15, -0.1) is 0 Å². The van der Waals surface area contributed by atoms with Gasteiger partial charge in [-0.25, -0.2) is 0 Å². The molecule has 0 aliphatic heterocycles. The molecule has 0 saturated carbocycles. The highest BCUT2D eigenvalue weighted by Crippen LogP contribution is 2.10. The zero-order chi connectivity index (χ0) is 13.4. The van der Waals surface area contributed by atoms with Crippen molar-refractivity contribution in [3.05, 3.63) is 0 Å². The highest BCUT2D eigenvalue weighted by molar-refractivity contribution is 5.77. The van der Waals surface area contributed by atoms with Crippen LogP contribution in [0.4, 0.5) is 0 Å². The maximum absolute atomic E-state index is 12.2. The Morgan fingerprint density at radius 3 is 2.35 bits per heavy atom. The monoisotopic (exact) mass is 244 g/mol. The van der Waals surface area contributed by atoms with Crippen LogP contribution in [-0.4, -0.2) is 43.2 Å². The van der Waals surface area contributed by atoms with E-state index in [1.54, 1.807) is 7.11 Å². The number of carbonyl (C=O) groups excluding carboxylic acids is 1. The first-order valence-electron chi connectivity index (χ1n) is 6.47. The second kappa shape index (κ2) is 8.48. The predicted molar refractivity (Wildman–Crippen MR) is 70.8 cm³/mol. The molecule has 0 aromatic carbocycles. The minimum Gasteiger partial charge on any atom is -0.383 e. The summed E-state index contributed by atoms with van der Waals surface area (Å²) in [6.45, 7) is 9.46. The molecule has 0 spiro atoms. The van der Waals surface area contributed by atoms with Gasteiger partial charge in [0.15, 0.2) is 0 Å². The molecule has 0 aliphatic rings. The zero-order valence-corrected chi connectivity index (χ0v) is 11.9. The van der Waals surface area contributed by atoms with E-state index in [1.807, 2.05) is 18.7 Å². The van der Waals surface area contributed by atoms with Crippen LogP contribution in [0.25, 0.3) is 0 Å². The van der Waals surface area contributed by atoms with E-state index in [0.29, 0.717) is 25.5 Å². The number of methoxy groups -OCH3 is 1. The van der Waals surface area contributed by atoms with Crippen LogP contribution >= 0.6 is 0 Å². The lowest BCUT2D eigenvalue weighted by Crippen LogP contribution is -2.43. The lowest BCUT2D eigenvalue weighted by molar-refractivity contribution is -0.134. The van der Waals surface area contributed by atoms with Crippen molar-refractivity contribution in [3.63, 3.8) is 0 Å².